The quantitative estimate of drug-likeness (QED) is 0.0347. The van der Waals surface area contributed by atoms with Crippen molar-refractivity contribution in [3.8, 4) is 0 Å². The maximum Gasteiger partial charge on any atom is 0.303 e. The molecule has 0 fully saturated rings. The van der Waals surface area contributed by atoms with Gasteiger partial charge >= 0.3 is 23.9 Å². The summed E-state index contributed by atoms with van der Waals surface area (Å²) in [4.78, 5) is 41.3. The SMILES string of the molecule is C=C.CCCCCCCCC=CCCCCCCCC(=O)O.CCCCCCCCC=CCCCCCCCC(=O)O.CCCCCCCCC=CCCCCCCCC(=O)O.CCCCCCCCC=CCCCCCCCC(=O)O. The topological polar surface area (TPSA) is 149 Å². The molecule has 8 nitrogen and oxygen atoms in total. The van der Waals surface area contributed by atoms with E-state index in [0.717, 1.165) is 51.4 Å². The second-order valence-corrected chi connectivity index (χ2v) is 22.9. The largest absolute Gasteiger partial charge is 0.481 e. The van der Waals surface area contributed by atoms with Gasteiger partial charge in [0.2, 0.25) is 0 Å². The molecule has 0 saturated carbocycles. The van der Waals surface area contributed by atoms with Crippen LogP contribution in [0.2, 0.25) is 0 Å². The zero-order chi connectivity index (χ0) is 61.6. The molecule has 8 heteroatoms. The number of hydrogen-bond donors (Lipinski definition) is 4. The molecule has 0 atom stereocenters. The van der Waals surface area contributed by atoms with Gasteiger partial charge in [0, 0.05) is 25.7 Å². The van der Waals surface area contributed by atoms with E-state index >= 15 is 0 Å². The summed E-state index contributed by atoms with van der Waals surface area (Å²) in [6.07, 6.45) is 85.0. The van der Waals surface area contributed by atoms with Crippen LogP contribution < -0.4 is 0 Å². The Morgan fingerprint density at radius 3 is 0.439 bits per heavy atom. The summed E-state index contributed by atoms with van der Waals surface area (Å²) in [6, 6.07) is 0. The number of aliphatic carboxylic acids is 4. The molecule has 4 N–H and O–H groups in total. The van der Waals surface area contributed by atoms with E-state index < -0.39 is 23.9 Å². The maximum atomic E-state index is 10.3. The number of carboxylic acid groups (broad SMARTS) is 4. The fraction of sp³-hybridized carbons (Fsp3) is 0.811. The van der Waals surface area contributed by atoms with E-state index in [0.29, 0.717) is 25.7 Å². The molecule has 0 bridgehead atoms. The van der Waals surface area contributed by atoms with Crippen molar-refractivity contribution < 1.29 is 39.6 Å². The van der Waals surface area contributed by atoms with E-state index in [1.165, 1.54) is 283 Å². The lowest BCUT2D eigenvalue weighted by molar-refractivity contribution is -0.138. The summed E-state index contributed by atoms with van der Waals surface area (Å²) in [6.45, 7) is 15.0. The van der Waals surface area contributed by atoms with Crippen molar-refractivity contribution in [2.75, 3.05) is 0 Å². The number of allylic oxidation sites excluding steroid dienone is 8. The highest BCUT2D eigenvalue weighted by molar-refractivity contribution is 5.67. The molecule has 484 valence electrons. The van der Waals surface area contributed by atoms with Gasteiger partial charge in [0.15, 0.2) is 0 Å². The van der Waals surface area contributed by atoms with Crippen LogP contribution in [0.5, 0.6) is 0 Å². The number of unbranched alkanes of at least 4 members (excludes halogenated alkanes) is 44. The van der Waals surface area contributed by atoms with Gasteiger partial charge in [-0.1, -0.05) is 282 Å². The molecule has 0 aromatic rings. The minimum Gasteiger partial charge on any atom is -0.481 e. The summed E-state index contributed by atoms with van der Waals surface area (Å²) in [5.41, 5.74) is 0. The molecule has 0 aliphatic heterocycles. The Morgan fingerprint density at radius 2 is 0.317 bits per heavy atom. The van der Waals surface area contributed by atoms with Gasteiger partial charge in [-0.25, -0.2) is 0 Å². The first-order valence-corrected chi connectivity index (χ1v) is 35.1. The minimum atomic E-state index is -0.664. The fourth-order valence-corrected chi connectivity index (χ4v) is 9.39. The van der Waals surface area contributed by atoms with Crippen LogP contribution in [-0.2, 0) is 19.2 Å². The van der Waals surface area contributed by atoms with E-state index in [2.05, 4.69) is 89.5 Å². The van der Waals surface area contributed by atoms with Crippen molar-refractivity contribution in [2.24, 2.45) is 0 Å². The molecule has 0 heterocycles. The Labute approximate surface area is 510 Å². The minimum absolute atomic E-state index is 0.332. The first-order chi connectivity index (χ1) is 40.1. The first kappa shape index (κ1) is 87.4. The summed E-state index contributed by atoms with van der Waals surface area (Å²) in [5, 5.41) is 34.0. The molecule has 0 rings (SSSR count). The van der Waals surface area contributed by atoms with Crippen molar-refractivity contribution in [2.45, 2.75) is 387 Å². The number of rotatable bonds is 60. The van der Waals surface area contributed by atoms with Crippen LogP contribution in [0.1, 0.15) is 387 Å². The van der Waals surface area contributed by atoms with Crippen molar-refractivity contribution in [1.82, 2.24) is 0 Å². The van der Waals surface area contributed by atoms with Crippen LogP contribution in [-0.4, -0.2) is 44.3 Å². The highest BCUT2D eigenvalue weighted by Gasteiger charge is 2.00. The lowest BCUT2D eigenvalue weighted by Gasteiger charge is -1.99. The fourth-order valence-electron chi connectivity index (χ4n) is 9.39. The van der Waals surface area contributed by atoms with E-state index in [1.807, 2.05) is 0 Å². The van der Waals surface area contributed by atoms with E-state index in [1.54, 1.807) is 0 Å². The van der Waals surface area contributed by atoms with E-state index in [-0.39, 0.29) is 0 Å². The lowest BCUT2D eigenvalue weighted by Crippen LogP contribution is -1.93. The Bertz CT molecular complexity index is 1150. The van der Waals surface area contributed by atoms with Crippen molar-refractivity contribution in [3.63, 3.8) is 0 Å². The molecule has 0 unspecified atom stereocenters. The summed E-state index contributed by atoms with van der Waals surface area (Å²) < 4.78 is 0. The van der Waals surface area contributed by atoms with Crippen LogP contribution in [0.15, 0.2) is 61.8 Å². The highest BCUT2D eigenvalue weighted by Crippen LogP contribution is 2.15. The lowest BCUT2D eigenvalue weighted by atomic mass is 10.1. The standard InChI is InChI=1S/4C18H34O2.C2H4/c4*1-2-3-4-5-6-7-8-9-10-11-12-13-14-15-16-17-18(19)20;1-2/h4*9-10H,2-8,11-17H2,1H3,(H,19,20);1-2H2. The third-order valence-electron chi connectivity index (χ3n) is 14.6. The zero-order valence-corrected chi connectivity index (χ0v) is 55.1. The van der Waals surface area contributed by atoms with Crippen LogP contribution in [0, 0.1) is 0 Å². The average molecular weight is 1160 g/mol. The number of carboxylic acids is 4. The molecular weight excluding hydrogens is 1020 g/mol. The molecule has 0 saturated heterocycles. The van der Waals surface area contributed by atoms with Crippen molar-refractivity contribution in [3.05, 3.63) is 61.8 Å². The second-order valence-electron chi connectivity index (χ2n) is 22.9. The molecule has 0 aromatic carbocycles. The van der Waals surface area contributed by atoms with Crippen LogP contribution in [0.3, 0.4) is 0 Å². The predicted octanol–water partition coefficient (Wildman–Crippen LogP) is 25.2. The number of carbonyl (C=O) groups is 4. The molecule has 0 radical (unpaired) electrons. The van der Waals surface area contributed by atoms with Gasteiger partial charge in [0.1, 0.15) is 0 Å². The van der Waals surface area contributed by atoms with Gasteiger partial charge < -0.3 is 20.4 Å². The molecule has 0 aliphatic carbocycles. The Morgan fingerprint density at radius 1 is 0.207 bits per heavy atom. The first-order valence-electron chi connectivity index (χ1n) is 35.1. The summed E-state index contributed by atoms with van der Waals surface area (Å²) in [5.74, 6) is -2.66. The monoisotopic (exact) mass is 1160 g/mol. The van der Waals surface area contributed by atoms with Gasteiger partial charge in [0.05, 0.1) is 0 Å². The summed E-state index contributed by atoms with van der Waals surface area (Å²) in [7, 11) is 0. The van der Waals surface area contributed by atoms with E-state index in [4.69, 9.17) is 20.4 Å². The predicted molar refractivity (Wildman–Crippen MR) is 360 cm³/mol. The van der Waals surface area contributed by atoms with Crippen molar-refractivity contribution >= 4 is 23.9 Å². The smallest absolute Gasteiger partial charge is 0.303 e. The number of hydrogen-bond acceptors (Lipinski definition) is 4. The van der Waals surface area contributed by atoms with Crippen molar-refractivity contribution in [1.29, 1.82) is 0 Å². The van der Waals surface area contributed by atoms with Gasteiger partial charge in [-0.2, -0.15) is 0 Å². The van der Waals surface area contributed by atoms with Gasteiger partial charge in [-0.3, -0.25) is 19.2 Å². The summed E-state index contributed by atoms with van der Waals surface area (Å²) >= 11 is 0. The molecule has 0 spiro atoms. The maximum absolute atomic E-state index is 10.3. The van der Waals surface area contributed by atoms with Crippen LogP contribution in [0.25, 0.3) is 0 Å². The third-order valence-corrected chi connectivity index (χ3v) is 14.6. The normalized spacial score (nSPS) is 11.0. The third kappa shape index (κ3) is 105. The molecule has 0 aliphatic rings. The zero-order valence-electron chi connectivity index (χ0n) is 55.1. The molecule has 0 amide bonds. The Hall–Kier alpha value is -3.42. The Kier molecular flexibility index (Phi) is 92.0. The van der Waals surface area contributed by atoms with E-state index in [9.17, 15) is 19.2 Å². The van der Waals surface area contributed by atoms with Crippen LogP contribution >= 0.6 is 0 Å². The Balaban J connectivity index is -0.000000318. The van der Waals surface area contributed by atoms with Gasteiger partial charge in [-0.05, 0) is 128 Å². The van der Waals surface area contributed by atoms with Gasteiger partial charge in [-0.15, -0.1) is 13.2 Å². The molecular formula is C74H140O8. The van der Waals surface area contributed by atoms with Crippen LogP contribution in [0.4, 0.5) is 0 Å². The molecule has 82 heavy (non-hydrogen) atoms. The molecule has 0 aromatic heterocycles. The van der Waals surface area contributed by atoms with Gasteiger partial charge in [0.25, 0.3) is 0 Å². The highest BCUT2D eigenvalue weighted by atomic mass is 16.4. The second kappa shape index (κ2) is 86.4. The average Bonchev–Trinajstić information content (AvgIpc) is 3.45.